The Morgan fingerprint density at radius 1 is 1.37 bits per heavy atom. The number of nitrogens with two attached hydrogens (primary N) is 1. The zero-order chi connectivity index (χ0) is 14.0. The van der Waals surface area contributed by atoms with Crippen LogP contribution in [0.1, 0.15) is 30.9 Å². The van der Waals surface area contributed by atoms with Gasteiger partial charge < -0.3 is 10.3 Å². The molecule has 0 saturated carbocycles. The van der Waals surface area contributed by atoms with E-state index in [1.54, 1.807) is 6.92 Å². The number of hydrogen-bond acceptors (Lipinski definition) is 3. The van der Waals surface area contributed by atoms with Gasteiger partial charge in [-0.25, -0.2) is 4.98 Å². The van der Waals surface area contributed by atoms with Gasteiger partial charge in [-0.3, -0.25) is 0 Å². The minimum atomic E-state index is -0.733. The summed E-state index contributed by atoms with van der Waals surface area (Å²) in [6, 6.07) is 6.41. The van der Waals surface area contributed by atoms with Crippen molar-refractivity contribution in [1.29, 1.82) is 5.26 Å². The van der Waals surface area contributed by atoms with Gasteiger partial charge in [-0.15, -0.1) is 0 Å². The Hall–Kier alpha value is -1.86. The number of nitrogens with zero attached hydrogens (tertiary/aromatic N) is 3. The third kappa shape index (κ3) is 2.94. The lowest BCUT2D eigenvalue weighted by Gasteiger charge is -2.15. The fraction of sp³-hybridized carbons (Fsp3) is 0.467. The quantitative estimate of drug-likeness (QED) is 0.914. The number of imidazole rings is 1. The van der Waals surface area contributed by atoms with Gasteiger partial charge in [0.1, 0.15) is 5.54 Å². The zero-order valence-corrected chi connectivity index (χ0v) is 11.8. The average molecular weight is 256 g/mol. The molecule has 1 heterocycles. The molecule has 0 radical (unpaired) electrons. The van der Waals surface area contributed by atoms with E-state index in [-0.39, 0.29) is 0 Å². The predicted octanol–water partition coefficient (Wildman–Crippen LogP) is 2.67. The molecule has 0 aliphatic heterocycles. The van der Waals surface area contributed by atoms with Crippen molar-refractivity contribution in [2.75, 3.05) is 0 Å². The molecule has 0 aliphatic rings. The van der Waals surface area contributed by atoms with Crippen molar-refractivity contribution in [1.82, 2.24) is 9.55 Å². The van der Waals surface area contributed by atoms with Crippen molar-refractivity contribution in [3.63, 3.8) is 0 Å². The van der Waals surface area contributed by atoms with Crippen molar-refractivity contribution in [2.45, 2.75) is 45.7 Å². The molecule has 0 amide bonds. The Labute approximate surface area is 113 Å². The highest BCUT2D eigenvalue weighted by molar-refractivity contribution is 5.77. The van der Waals surface area contributed by atoms with Gasteiger partial charge in [-0.05, 0) is 56.9 Å². The summed E-state index contributed by atoms with van der Waals surface area (Å²) in [6.45, 7) is 6.82. The first-order valence-electron chi connectivity index (χ1n) is 6.55. The first-order valence-corrected chi connectivity index (χ1v) is 6.55. The van der Waals surface area contributed by atoms with Gasteiger partial charge in [0.05, 0.1) is 23.4 Å². The van der Waals surface area contributed by atoms with Gasteiger partial charge in [0.15, 0.2) is 0 Å². The Balaban J connectivity index is 2.14. The fourth-order valence-electron chi connectivity index (χ4n) is 2.16. The highest BCUT2D eigenvalue weighted by Gasteiger charge is 2.16. The summed E-state index contributed by atoms with van der Waals surface area (Å²) >= 11 is 0. The second-order valence-corrected chi connectivity index (χ2v) is 5.50. The second-order valence-electron chi connectivity index (χ2n) is 5.50. The highest BCUT2D eigenvalue weighted by atomic mass is 15.0. The summed E-state index contributed by atoms with van der Waals surface area (Å²) in [4.78, 5) is 4.42. The van der Waals surface area contributed by atoms with E-state index in [0.717, 1.165) is 24.0 Å². The SMILES string of the molecule is Cc1cc2ncn(CCCC(C)(N)C#N)c2cc1C. The second kappa shape index (κ2) is 5.02. The van der Waals surface area contributed by atoms with Crippen LogP contribution in [0.4, 0.5) is 0 Å². The minimum absolute atomic E-state index is 0.689. The maximum absolute atomic E-state index is 8.90. The van der Waals surface area contributed by atoms with Crippen molar-refractivity contribution >= 4 is 11.0 Å². The first kappa shape index (κ1) is 13.6. The summed E-state index contributed by atoms with van der Waals surface area (Å²) in [6.07, 6.45) is 3.43. The maximum atomic E-state index is 8.90. The molecule has 1 aromatic carbocycles. The summed E-state index contributed by atoms with van der Waals surface area (Å²) < 4.78 is 2.13. The number of rotatable bonds is 4. The van der Waals surface area contributed by atoms with Crippen LogP contribution >= 0.6 is 0 Å². The van der Waals surface area contributed by atoms with E-state index >= 15 is 0 Å². The number of benzene rings is 1. The Morgan fingerprint density at radius 3 is 2.74 bits per heavy atom. The van der Waals surface area contributed by atoms with E-state index in [1.807, 2.05) is 6.33 Å². The smallest absolute Gasteiger partial charge is 0.101 e. The third-order valence-corrected chi connectivity index (χ3v) is 3.59. The molecule has 1 unspecified atom stereocenters. The van der Waals surface area contributed by atoms with E-state index < -0.39 is 5.54 Å². The van der Waals surface area contributed by atoms with Crippen LogP contribution in [-0.4, -0.2) is 15.1 Å². The van der Waals surface area contributed by atoms with Crippen LogP contribution in [-0.2, 0) is 6.54 Å². The van der Waals surface area contributed by atoms with Crippen molar-refractivity contribution in [3.05, 3.63) is 29.6 Å². The molecule has 2 rings (SSSR count). The normalized spacial score (nSPS) is 14.3. The average Bonchev–Trinajstić information content (AvgIpc) is 2.73. The molecule has 0 saturated heterocycles. The summed E-state index contributed by atoms with van der Waals surface area (Å²) in [7, 11) is 0. The molecule has 2 N–H and O–H groups in total. The number of aromatic nitrogens is 2. The third-order valence-electron chi connectivity index (χ3n) is 3.59. The van der Waals surface area contributed by atoms with E-state index in [4.69, 9.17) is 11.0 Å². The maximum Gasteiger partial charge on any atom is 0.101 e. The van der Waals surface area contributed by atoms with Crippen molar-refractivity contribution in [3.8, 4) is 6.07 Å². The van der Waals surface area contributed by atoms with Crippen molar-refractivity contribution < 1.29 is 0 Å². The number of aryl methyl sites for hydroxylation is 3. The van der Waals surface area contributed by atoms with Gasteiger partial charge in [-0.1, -0.05) is 0 Å². The number of hydrogen-bond donors (Lipinski definition) is 1. The van der Waals surface area contributed by atoms with Crippen LogP contribution < -0.4 is 5.73 Å². The molecular weight excluding hydrogens is 236 g/mol. The van der Waals surface area contributed by atoms with Crippen LogP contribution in [0.25, 0.3) is 11.0 Å². The molecule has 2 aromatic rings. The molecule has 4 nitrogen and oxygen atoms in total. The van der Waals surface area contributed by atoms with E-state index in [1.165, 1.54) is 11.1 Å². The van der Waals surface area contributed by atoms with Crippen LogP contribution in [0.5, 0.6) is 0 Å². The molecule has 0 aliphatic carbocycles. The predicted molar refractivity (Wildman–Crippen MR) is 76.6 cm³/mol. The molecule has 0 fully saturated rings. The van der Waals surface area contributed by atoms with Crippen LogP contribution in [0.15, 0.2) is 18.5 Å². The lowest BCUT2D eigenvalue weighted by molar-refractivity contribution is 0.492. The van der Waals surface area contributed by atoms with Crippen LogP contribution in [0.3, 0.4) is 0 Å². The standard InChI is InChI=1S/C15H20N4/c1-11-7-13-14(8-12(11)2)19(10-18-13)6-4-5-15(3,17)9-16/h7-8,10H,4-6,17H2,1-3H3. The molecule has 0 spiro atoms. The fourth-order valence-corrected chi connectivity index (χ4v) is 2.16. The molecular formula is C15H20N4. The summed E-state index contributed by atoms with van der Waals surface area (Å²) in [5.41, 5.74) is 9.81. The van der Waals surface area contributed by atoms with Gasteiger partial charge in [-0.2, -0.15) is 5.26 Å². The highest BCUT2D eigenvalue weighted by Crippen LogP contribution is 2.19. The largest absolute Gasteiger partial charge is 0.331 e. The van der Waals surface area contributed by atoms with E-state index in [9.17, 15) is 0 Å². The topological polar surface area (TPSA) is 67.6 Å². The molecule has 19 heavy (non-hydrogen) atoms. The number of fused-ring (bicyclic) bond motifs is 1. The Kier molecular flexibility index (Phi) is 3.59. The van der Waals surface area contributed by atoms with Crippen LogP contribution in [0.2, 0.25) is 0 Å². The monoisotopic (exact) mass is 256 g/mol. The Morgan fingerprint density at radius 2 is 2.05 bits per heavy atom. The zero-order valence-electron chi connectivity index (χ0n) is 11.8. The first-order chi connectivity index (χ1) is 8.93. The summed E-state index contributed by atoms with van der Waals surface area (Å²) in [5, 5.41) is 8.90. The molecule has 0 bridgehead atoms. The van der Waals surface area contributed by atoms with E-state index in [0.29, 0.717) is 6.42 Å². The summed E-state index contributed by atoms with van der Waals surface area (Å²) in [5.74, 6) is 0. The Bertz CT molecular complexity index is 631. The minimum Gasteiger partial charge on any atom is -0.331 e. The molecule has 100 valence electrons. The lowest BCUT2D eigenvalue weighted by Crippen LogP contribution is -2.34. The van der Waals surface area contributed by atoms with Gasteiger partial charge >= 0.3 is 0 Å². The molecule has 1 aromatic heterocycles. The van der Waals surface area contributed by atoms with Crippen LogP contribution in [0, 0.1) is 25.2 Å². The van der Waals surface area contributed by atoms with Gasteiger partial charge in [0.25, 0.3) is 0 Å². The lowest BCUT2D eigenvalue weighted by atomic mass is 9.99. The number of nitriles is 1. The van der Waals surface area contributed by atoms with Gasteiger partial charge in [0.2, 0.25) is 0 Å². The molecule has 4 heteroatoms. The molecule has 1 atom stereocenters. The van der Waals surface area contributed by atoms with Crippen molar-refractivity contribution in [2.24, 2.45) is 5.73 Å². The van der Waals surface area contributed by atoms with Gasteiger partial charge in [0, 0.05) is 6.54 Å². The van der Waals surface area contributed by atoms with E-state index in [2.05, 4.69) is 41.6 Å².